The standard InChI is InChI=1S/C27H28ClNO3S2/c1-16(29-14-20(33)12-17-6-11-21(23(28)13-17)26(31)32-5)22-15-34-25(24(22)30)18-7-9-19(10-8-18)27(2,3)4/h6-11,13,15,30H,12,14H2,1-5H3. The fraction of sp³-hybridized carbons (Fsp3) is 0.296. The molecule has 7 heteroatoms. The third kappa shape index (κ3) is 6.12. The van der Waals surface area contributed by atoms with Crippen LogP contribution in [0.4, 0.5) is 0 Å². The van der Waals surface area contributed by atoms with Crippen LogP contribution in [0.2, 0.25) is 5.02 Å². The molecule has 0 atom stereocenters. The van der Waals surface area contributed by atoms with E-state index in [2.05, 4.69) is 37.9 Å². The molecule has 0 radical (unpaired) electrons. The number of carbonyl (C=O) groups excluding carboxylic acids is 1. The second-order valence-electron chi connectivity index (χ2n) is 9.08. The minimum absolute atomic E-state index is 0.0809. The molecule has 0 aliphatic carbocycles. The summed E-state index contributed by atoms with van der Waals surface area (Å²) in [4.78, 5) is 17.8. The zero-order chi connectivity index (χ0) is 25.0. The number of ether oxygens (including phenoxy) is 1. The van der Waals surface area contributed by atoms with E-state index < -0.39 is 5.97 Å². The number of aliphatic imine (C=N–C) groups is 1. The SMILES string of the molecule is COC(=O)c1ccc(CC(=S)CN=C(C)c2csc(-c3ccc(C(C)(C)C)cc3)c2O)cc1Cl. The van der Waals surface area contributed by atoms with Gasteiger partial charge >= 0.3 is 5.97 Å². The van der Waals surface area contributed by atoms with Gasteiger partial charge in [-0.2, -0.15) is 0 Å². The van der Waals surface area contributed by atoms with E-state index in [0.29, 0.717) is 29.1 Å². The molecule has 0 fully saturated rings. The summed E-state index contributed by atoms with van der Waals surface area (Å²) in [6.45, 7) is 8.76. The van der Waals surface area contributed by atoms with Gasteiger partial charge in [-0.25, -0.2) is 4.79 Å². The van der Waals surface area contributed by atoms with Crippen LogP contribution in [0.15, 0.2) is 52.8 Å². The Balaban J connectivity index is 1.69. The Kier molecular flexibility index (Phi) is 8.29. The van der Waals surface area contributed by atoms with Crippen molar-refractivity contribution >= 4 is 51.7 Å². The van der Waals surface area contributed by atoms with Gasteiger partial charge in [0, 0.05) is 27.9 Å². The van der Waals surface area contributed by atoms with Gasteiger partial charge < -0.3 is 9.84 Å². The average Bonchev–Trinajstić information content (AvgIpc) is 3.18. The Labute approximate surface area is 215 Å². The molecule has 1 N–H and O–H groups in total. The van der Waals surface area contributed by atoms with Gasteiger partial charge in [0.25, 0.3) is 0 Å². The lowest BCUT2D eigenvalue weighted by atomic mass is 9.86. The Morgan fingerprint density at radius 2 is 1.82 bits per heavy atom. The normalized spacial score (nSPS) is 12.0. The molecule has 178 valence electrons. The van der Waals surface area contributed by atoms with Gasteiger partial charge in [-0.15, -0.1) is 11.3 Å². The summed E-state index contributed by atoms with van der Waals surface area (Å²) in [5.74, 6) is -0.231. The van der Waals surface area contributed by atoms with Crippen molar-refractivity contribution in [1.29, 1.82) is 0 Å². The molecule has 0 aliphatic rings. The van der Waals surface area contributed by atoms with E-state index in [0.717, 1.165) is 26.6 Å². The number of hydrogen-bond donors (Lipinski definition) is 1. The minimum Gasteiger partial charge on any atom is -0.506 e. The molecule has 1 heterocycles. The van der Waals surface area contributed by atoms with Crippen LogP contribution in [0, 0.1) is 0 Å². The van der Waals surface area contributed by atoms with E-state index in [9.17, 15) is 9.90 Å². The highest BCUT2D eigenvalue weighted by molar-refractivity contribution is 7.80. The van der Waals surface area contributed by atoms with Crippen LogP contribution in [0.3, 0.4) is 0 Å². The minimum atomic E-state index is -0.473. The van der Waals surface area contributed by atoms with Crippen LogP contribution < -0.4 is 0 Å². The first-order valence-corrected chi connectivity index (χ1v) is 12.5. The van der Waals surface area contributed by atoms with E-state index in [4.69, 9.17) is 28.6 Å². The molecule has 0 spiro atoms. The molecule has 2 aromatic carbocycles. The van der Waals surface area contributed by atoms with Crippen LogP contribution in [0.1, 0.15) is 54.7 Å². The summed E-state index contributed by atoms with van der Waals surface area (Å²) < 4.78 is 4.72. The third-order valence-corrected chi connectivity index (χ3v) is 7.10. The largest absolute Gasteiger partial charge is 0.506 e. The van der Waals surface area contributed by atoms with Gasteiger partial charge in [0.05, 0.1) is 29.1 Å². The summed E-state index contributed by atoms with van der Waals surface area (Å²) in [5, 5.41) is 13.1. The van der Waals surface area contributed by atoms with Crippen molar-refractivity contribution in [1.82, 2.24) is 0 Å². The molecule has 34 heavy (non-hydrogen) atoms. The van der Waals surface area contributed by atoms with Crippen molar-refractivity contribution in [2.45, 2.75) is 39.5 Å². The lowest BCUT2D eigenvalue weighted by Crippen LogP contribution is -2.10. The predicted molar refractivity (Wildman–Crippen MR) is 146 cm³/mol. The summed E-state index contributed by atoms with van der Waals surface area (Å²) in [6.07, 6.45) is 0.508. The second kappa shape index (κ2) is 10.8. The highest BCUT2D eigenvalue weighted by Gasteiger charge is 2.17. The summed E-state index contributed by atoms with van der Waals surface area (Å²) in [5.41, 5.74) is 4.98. The molecule has 3 rings (SSSR count). The quantitative estimate of drug-likeness (QED) is 0.205. The highest BCUT2D eigenvalue weighted by atomic mass is 35.5. The first-order chi connectivity index (χ1) is 16.0. The number of esters is 1. The summed E-state index contributed by atoms with van der Waals surface area (Å²) in [6, 6.07) is 13.5. The topological polar surface area (TPSA) is 58.9 Å². The number of benzene rings is 2. The Hall–Kier alpha value is -2.54. The van der Waals surface area contributed by atoms with Gasteiger partial charge in [-0.05, 0) is 41.2 Å². The van der Waals surface area contributed by atoms with Crippen molar-refractivity contribution in [3.63, 3.8) is 0 Å². The van der Waals surface area contributed by atoms with Crippen molar-refractivity contribution in [2.75, 3.05) is 13.7 Å². The van der Waals surface area contributed by atoms with Crippen LogP contribution in [-0.4, -0.2) is 35.3 Å². The van der Waals surface area contributed by atoms with E-state index >= 15 is 0 Å². The maximum atomic E-state index is 11.7. The Bertz CT molecular complexity index is 1240. The maximum absolute atomic E-state index is 11.7. The number of carbonyl (C=O) groups is 1. The molecular formula is C27H28ClNO3S2. The molecule has 0 aliphatic heterocycles. The molecule has 1 aromatic heterocycles. The number of methoxy groups -OCH3 is 1. The fourth-order valence-electron chi connectivity index (χ4n) is 3.45. The zero-order valence-corrected chi connectivity index (χ0v) is 22.3. The monoisotopic (exact) mass is 513 g/mol. The predicted octanol–water partition coefficient (Wildman–Crippen LogP) is 7.28. The van der Waals surface area contributed by atoms with Crippen molar-refractivity contribution < 1.29 is 14.6 Å². The lowest BCUT2D eigenvalue weighted by molar-refractivity contribution is 0.0601. The number of halogens is 1. The Morgan fingerprint density at radius 3 is 2.41 bits per heavy atom. The van der Waals surface area contributed by atoms with Gasteiger partial charge in [0.1, 0.15) is 5.75 Å². The molecule has 0 bridgehead atoms. The summed E-state index contributed by atoms with van der Waals surface area (Å²) >= 11 is 13.2. The molecule has 0 unspecified atom stereocenters. The van der Waals surface area contributed by atoms with Crippen LogP contribution in [-0.2, 0) is 16.6 Å². The molecule has 0 saturated carbocycles. The molecule has 3 aromatic rings. The molecule has 0 amide bonds. The first-order valence-electron chi connectivity index (χ1n) is 10.8. The molecule has 4 nitrogen and oxygen atoms in total. The van der Waals surface area contributed by atoms with E-state index in [1.54, 1.807) is 12.1 Å². The maximum Gasteiger partial charge on any atom is 0.339 e. The van der Waals surface area contributed by atoms with E-state index in [1.165, 1.54) is 24.0 Å². The lowest BCUT2D eigenvalue weighted by Gasteiger charge is -2.19. The fourth-order valence-corrected chi connectivity index (χ4v) is 4.98. The molecular weight excluding hydrogens is 486 g/mol. The number of thiophene rings is 1. The zero-order valence-electron chi connectivity index (χ0n) is 19.9. The number of thiocarbonyl (C=S) groups is 1. The Morgan fingerprint density at radius 1 is 1.15 bits per heavy atom. The van der Waals surface area contributed by atoms with Gasteiger partial charge in [-0.1, -0.05) is 74.9 Å². The first kappa shape index (κ1) is 26.1. The smallest absolute Gasteiger partial charge is 0.339 e. The molecule has 0 saturated heterocycles. The third-order valence-electron chi connectivity index (χ3n) is 5.50. The van der Waals surface area contributed by atoms with E-state index in [-0.39, 0.29) is 11.2 Å². The van der Waals surface area contributed by atoms with Gasteiger partial charge in [-0.3, -0.25) is 4.99 Å². The number of hydrogen-bond acceptors (Lipinski definition) is 6. The number of nitrogens with zero attached hydrogens (tertiary/aromatic N) is 1. The summed E-state index contributed by atoms with van der Waals surface area (Å²) in [7, 11) is 1.32. The van der Waals surface area contributed by atoms with E-state index in [1.807, 2.05) is 30.5 Å². The highest BCUT2D eigenvalue weighted by Crippen LogP contribution is 2.39. The van der Waals surface area contributed by atoms with Crippen LogP contribution in [0.5, 0.6) is 5.75 Å². The van der Waals surface area contributed by atoms with Crippen LogP contribution in [0.25, 0.3) is 10.4 Å². The van der Waals surface area contributed by atoms with Gasteiger partial charge in [0.2, 0.25) is 0 Å². The second-order valence-corrected chi connectivity index (χ2v) is 10.9. The average molecular weight is 514 g/mol. The number of rotatable bonds is 7. The van der Waals surface area contributed by atoms with Crippen molar-refractivity contribution in [2.24, 2.45) is 4.99 Å². The van der Waals surface area contributed by atoms with Gasteiger partial charge in [0.15, 0.2) is 0 Å². The van der Waals surface area contributed by atoms with Crippen molar-refractivity contribution in [3.8, 4) is 16.2 Å². The van der Waals surface area contributed by atoms with Crippen LogP contribution >= 0.6 is 35.2 Å². The van der Waals surface area contributed by atoms with Crippen molar-refractivity contribution in [3.05, 3.63) is 75.1 Å². The number of aromatic hydroxyl groups is 1.